The topological polar surface area (TPSA) is 67.4 Å². The Hall–Kier alpha value is -3.45. The highest BCUT2D eigenvalue weighted by Crippen LogP contribution is 2.36. The van der Waals surface area contributed by atoms with E-state index in [1.807, 2.05) is 0 Å². The van der Waals surface area contributed by atoms with Crippen molar-refractivity contribution in [2.45, 2.75) is 31.1 Å². The molecule has 2 rings (SSSR count). The first-order valence-corrected chi connectivity index (χ1v) is 9.20. The highest BCUT2D eigenvalue weighted by atomic mass is 19.4. The van der Waals surface area contributed by atoms with Crippen molar-refractivity contribution >= 4 is 17.6 Å². The number of rotatable bonds is 6. The first-order chi connectivity index (χ1) is 15.5. The molecule has 0 heterocycles. The zero-order valence-electron chi connectivity index (χ0n) is 17.0. The van der Waals surface area contributed by atoms with E-state index < -0.39 is 65.1 Å². The maximum Gasteiger partial charge on any atom is 0.441 e. The van der Waals surface area contributed by atoms with Crippen LogP contribution in [0, 0.1) is 0 Å². The minimum atomic E-state index is -5.72. The van der Waals surface area contributed by atoms with Gasteiger partial charge in [0, 0.05) is 11.3 Å². The van der Waals surface area contributed by atoms with Crippen LogP contribution in [-0.4, -0.2) is 30.3 Å². The molecule has 0 aliphatic heterocycles. The van der Waals surface area contributed by atoms with E-state index in [0.717, 1.165) is 31.2 Å². The third kappa shape index (κ3) is 5.91. The Morgan fingerprint density at radius 2 is 1.35 bits per heavy atom. The van der Waals surface area contributed by atoms with Crippen LogP contribution in [0.25, 0.3) is 0 Å². The summed E-state index contributed by atoms with van der Waals surface area (Å²) in [6.07, 6.45) is -15.6. The lowest BCUT2D eigenvalue weighted by Crippen LogP contribution is -2.69. The molecule has 0 bridgehead atoms. The molecule has 0 spiro atoms. The summed E-state index contributed by atoms with van der Waals surface area (Å²) in [7, 11) is 0. The molecule has 14 heteroatoms. The van der Waals surface area contributed by atoms with Gasteiger partial charge >= 0.3 is 30.2 Å². The van der Waals surface area contributed by atoms with E-state index in [-0.39, 0.29) is 12.1 Å². The number of hydrogen-bond donors (Lipinski definition) is 2. The lowest BCUT2D eigenvalue weighted by Gasteiger charge is -2.35. The fourth-order valence-corrected chi connectivity index (χ4v) is 2.70. The maximum absolute atomic E-state index is 14.1. The van der Waals surface area contributed by atoms with E-state index in [2.05, 4.69) is 4.74 Å². The van der Waals surface area contributed by atoms with E-state index in [4.69, 9.17) is 0 Å². The van der Waals surface area contributed by atoms with Gasteiger partial charge in [-0.3, -0.25) is 4.79 Å². The van der Waals surface area contributed by atoms with Crippen LogP contribution in [0.2, 0.25) is 0 Å². The number of ether oxygens (including phenoxy) is 1. The number of hydrogen-bond acceptors (Lipinski definition) is 4. The molecular weight excluding hydrogens is 487 g/mol. The Morgan fingerprint density at radius 3 is 1.85 bits per heavy atom. The second kappa shape index (κ2) is 9.43. The van der Waals surface area contributed by atoms with Gasteiger partial charge in [0.1, 0.15) is 0 Å². The Balaban J connectivity index is 2.58. The number of esters is 1. The summed E-state index contributed by atoms with van der Waals surface area (Å²) in [5.41, 5.74) is -8.66. The molecule has 186 valence electrons. The van der Waals surface area contributed by atoms with E-state index >= 15 is 0 Å². The molecular formula is C20H15F9N2O3. The van der Waals surface area contributed by atoms with Gasteiger partial charge in [0.25, 0.3) is 5.91 Å². The van der Waals surface area contributed by atoms with Gasteiger partial charge in [0.15, 0.2) is 0 Å². The third-order valence-corrected chi connectivity index (χ3v) is 4.28. The molecule has 0 fully saturated rings. The highest BCUT2D eigenvalue weighted by molar-refractivity contribution is 5.99. The van der Waals surface area contributed by atoms with Crippen molar-refractivity contribution in [2.24, 2.45) is 0 Å². The first kappa shape index (κ1) is 26.8. The molecule has 0 saturated carbocycles. The number of amides is 1. The average Bonchev–Trinajstić information content (AvgIpc) is 2.71. The van der Waals surface area contributed by atoms with Crippen molar-refractivity contribution in [3.05, 3.63) is 65.2 Å². The highest BCUT2D eigenvalue weighted by Gasteiger charge is 2.63. The van der Waals surface area contributed by atoms with Gasteiger partial charge in [-0.25, -0.2) is 4.79 Å². The van der Waals surface area contributed by atoms with Crippen LogP contribution in [0.4, 0.5) is 45.2 Å². The lowest BCUT2D eigenvalue weighted by molar-refractivity contribution is -0.204. The zero-order valence-corrected chi connectivity index (χ0v) is 17.0. The van der Waals surface area contributed by atoms with Crippen molar-refractivity contribution in [2.75, 3.05) is 11.9 Å². The van der Waals surface area contributed by atoms with Crippen LogP contribution < -0.4 is 10.6 Å². The standard InChI is InChI=1S/C20H15F9N2O3/c1-2-34-16(33)17(20(27,28)29,30-14-8-4-7-13(10-14)19(24,25)26)31-15(32)11-5-3-6-12(9-11)18(21,22)23/h3-10,30H,2H2,1H3,(H,31,32)/t17-/m1/s1. The molecule has 2 aromatic carbocycles. The van der Waals surface area contributed by atoms with Crippen molar-refractivity contribution in [1.82, 2.24) is 5.32 Å². The molecule has 0 aromatic heterocycles. The Kier molecular flexibility index (Phi) is 7.43. The Bertz CT molecular complexity index is 1050. The van der Waals surface area contributed by atoms with E-state index in [0.29, 0.717) is 12.1 Å². The van der Waals surface area contributed by atoms with Crippen molar-refractivity contribution in [3.63, 3.8) is 0 Å². The SMILES string of the molecule is CCOC(=O)[C@](NC(=O)c1cccc(C(F)(F)F)c1)(Nc1cccc(C(F)(F)F)c1)C(F)(F)F. The third-order valence-electron chi connectivity index (χ3n) is 4.28. The van der Waals surface area contributed by atoms with Crippen molar-refractivity contribution in [1.29, 1.82) is 0 Å². The number of anilines is 1. The van der Waals surface area contributed by atoms with E-state index in [9.17, 15) is 49.1 Å². The van der Waals surface area contributed by atoms with Crippen LogP contribution in [0.15, 0.2) is 48.5 Å². The number of benzene rings is 2. The molecule has 34 heavy (non-hydrogen) atoms. The number of carbonyl (C=O) groups is 2. The average molecular weight is 502 g/mol. The molecule has 1 atom stereocenters. The molecule has 0 aliphatic carbocycles. The van der Waals surface area contributed by atoms with Gasteiger partial charge in [0.2, 0.25) is 0 Å². The monoisotopic (exact) mass is 502 g/mol. The first-order valence-electron chi connectivity index (χ1n) is 9.20. The molecule has 0 aliphatic rings. The largest absolute Gasteiger partial charge is 0.463 e. The zero-order chi connectivity index (χ0) is 25.9. The maximum atomic E-state index is 14.1. The molecule has 2 aromatic rings. The van der Waals surface area contributed by atoms with Gasteiger partial charge in [0.05, 0.1) is 17.7 Å². The number of carbonyl (C=O) groups excluding carboxylic acids is 2. The molecule has 1 amide bonds. The van der Waals surface area contributed by atoms with Crippen LogP contribution >= 0.6 is 0 Å². The quantitative estimate of drug-likeness (QED) is 0.316. The Morgan fingerprint density at radius 1 is 0.824 bits per heavy atom. The predicted octanol–water partition coefficient (Wildman–Crippen LogP) is 5.39. The smallest absolute Gasteiger partial charge is 0.441 e. The minimum absolute atomic E-state index is 0.242. The number of nitrogens with one attached hydrogen (secondary N) is 2. The fourth-order valence-electron chi connectivity index (χ4n) is 2.70. The number of alkyl halides is 9. The van der Waals surface area contributed by atoms with Crippen LogP contribution in [-0.2, 0) is 21.9 Å². The lowest BCUT2D eigenvalue weighted by atomic mass is 10.1. The molecule has 5 nitrogen and oxygen atoms in total. The van der Waals surface area contributed by atoms with E-state index in [1.54, 1.807) is 0 Å². The summed E-state index contributed by atoms with van der Waals surface area (Å²) >= 11 is 0. The summed E-state index contributed by atoms with van der Waals surface area (Å²) in [5.74, 6) is -3.93. The van der Waals surface area contributed by atoms with Gasteiger partial charge in [-0.15, -0.1) is 0 Å². The van der Waals surface area contributed by atoms with E-state index in [1.165, 1.54) is 10.6 Å². The second-order valence-electron chi connectivity index (χ2n) is 6.70. The summed E-state index contributed by atoms with van der Waals surface area (Å²) in [6.45, 7) is 0.498. The number of halogens is 9. The van der Waals surface area contributed by atoms with Gasteiger partial charge in [-0.1, -0.05) is 12.1 Å². The second-order valence-corrected chi connectivity index (χ2v) is 6.70. The fraction of sp³-hybridized carbons (Fsp3) is 0.300. The summed E-state index contributed by atoms with van der Waals surface area (Å²) < 4.78 is 124. The summed E-state index contributed by atoms with van der Waals surface area (Å²) in [4.78, 5) is 24.9. The molecule has 2 N–H and O–H groups in total. The van der Waals surface area contributed by atoms with Crippen molar-refractivity contribution < 1.29 is 53.8 Å². The van der Waals surface area contributed by atoms with Gasteiger partial charge in [-0.05, 0) is 43.3 Å². The van der Waals surface area contributed by atoms with Gasteiger partial charge in [-0.2, -0.15) is 39.5 Å². The minimum Gasteiger partial charge on any atom is -0.463 e. The van der Waals surface area contributed by atoms with Crippen LogP contribution in [0.1, 0.15) is 28.4 Å². The van der Waals surface area contributed by atoms with Crippen molar-refractivity contribution in [3.8, 4) is 0 Å². The molecule has 0 saturated heterocycles. The van der Waals surface area contributed by atoms with Crippen LogP contribution in [0.3, 0.4) is 0 Å². The summed E-state index contributed by atoms with van der Waals surface area (Å²) in [5, 5.41) is 2.78. The molecule has 0 radical (unpaired) electrons. The molecule has 0 unspecified atom stereocenters. The van der Waals surface area contributed by atoms with Crippen LogP contribution in [0.5, 0.6) is 0 Å². The summed E-state index contributed by atoms with van der Waals surface area (Å²) in [6, 6.07) is 4.59. The van der Waals surface area contributed by atoms with Gasteiger partial charge < -0.3 is 15.4 Å². The predicted molar refractivity (Wildman–Crippen MR) is 99.4 cm³/mol. The normalized spacial score (nSPS) is 14.2. The Labute approximate surface area is 185 Å².